The minimum Gasteiger partial charge on any atom is -0.382 e. The number of hydrogen-bond donors (Lipinski definition) is 3. The van der Waals surface area contributed by atoms with Crippen molar-refractivity contribution in [1.29, 1.82) is 0 Å². The molecule has 0 aliphatic carbocycles. The van der Waals surface area contributed by atoms with E-state index in [2.05, 4.69) is 20.7 Å². The molecule has 0 saturated heterocycles. The van der Waals surface area contributed by atoms with Crippen LogP contribution in [-0.2, 0) is 17.5 Å². The molecule has 4 N–H and O–H groups in total. The zero-order valence-corrected chi connectivity index (χ0v) is 15.8. The lowest BCUT2D eigenvalue weighted by molar-refractivity contribution is 0.251. The van der Waals surface area contributed by atoms with Crippen molar-refractivity contribution in [2.45, 2.75) is 59.0 Å². The molecular formula is C18H28N6O. The molecule has 0 aliphatic heterocycles. The Morgan fingerprint density at radius 1 is 1.20 bits per heavy atom. The molecule has 0 bridgehead atoms. The fourth-order valence-electron chi connectivity index (χ4n) is 2.42. The summed E-state index contributed by atoms with van der Waals surface area (Å²) in [5.74, 6) is 0.449. The van der Waals surface area contributed by atoms with Gasteiger partial charge in [-0.25, -0.2) is 9.48 Å². The largest absolute Gasteiger partial charge is 0.382 e. The summed E-state index contributed by atoms with van der Waals surface area (Å²) in [4.78, 5) is 16.5. The van der Waals surface area contributed by atoms with E-state index in [0.29, 0.717) is 18.1 Å². The predicted octanol–water partition coefficient (Wildman–Crippen LogP) is 3.23. The molecule has 2 amide bonds. The molecule has 0 spiro atoms. The van der Waals surface area contributed by atoms with Crippen LogP contribution in [0.2, 0.25) is 0 Å². The Morgan fingerprint density at radius 3 is 2.40 bits per heavy atom. The predicted molar refractivity (Wildman–Crippen MR) is 100 cm³/mol. The Kier molecular flexibility index (Phi) is 5.06. The Bertz CT molecular complexity index is 737. The van der Waals surface area contributed by atoms with E-state index < -0.39 is 0 Å². The lowest BCUT2D eigenvalue weighted by atomic mass is 9.91. The van der Waals surface area contributed by atoms with E-state index in [1.807, 2.05) is 59.7 Å². The maximum atomic E-state index is 12.3. The van der Waals surface area contributed by atoms with Crippen molar-refractivity contribution in [2.75, 3.05) is 11.1 Å². The second-order valence-corrected chi connectivity index (χ2v) is 8.07. The number of pyridine rings is 1. The van der Waals surface area contributed by atoms with Gasteiger partial charge in [-0.05, 0) is 32.9 Å². The molecule has 0 saturated carbocycles. The third kappa shape index (κ3) is 4.49. The second-order valence-electron chi connectivity index (χ2n) is 8.07. The number of anilines is 2. The van der Waals surface area contributed by atoms with Gasteiger partial charge in [0.1, 0.15) is 11.5 Å². The van der Waals surface area contributed by atoms with Gasteiger partial charge in [0.15, 0.2) is 0 Å². The molecular weight excluding hydrogens is 316 g/mol. The highest BCUT2D eigenvalue weighted by molar-refractivity contribution is 5.93. The number of carbonyl (C=O) groups is 1. The van der Waals surface area contributed by atoms with E-state index >= 15 is 0 Å². The first-order chi connectivity index (χ1) is 11.5. The van der Waals surface area contributed by atoms with E-state index in [4.69, 9.17) is 5.73 Å². The molecule has 0 atom stereocenters. The summed E-state index contributed by atoms with van der Waals surface area (Å²) in [7, 11) is 0. The summed E-state index contributed by atoms with van der Waals surface area (Å²) < 4.78 is 1.75. The van der Waals surface area contributed by atoms with Crippen LogP contribution in [0.3, 0.4) is 0 Å². The Hall–Kier alpha value is -2.57. The molecule has 0 radical (unpaired) electrons. The molecule has 0 aromatic carbocycles. The van der Waals surface area contributed by atoms with Gasteiger partial charge in [-0.3, -0.25) is 4.98 Å². The van der Waals surface area contributed by atoms with Crippen LogP contribution in [0, 0.1) is 0 Å². The van der Waals surface area contributed by atoms with Crippen molar-refractivity contribution in [3.05, 3.63) is 35.8 Å². The van der Waals surface area contributed by atoms with E-state index in [0.717, 1.165) is 11.4 Å². The number of aromatic nitrogens is 3. The highest BCUT2D eigenvalue weighted by atomic mass is 16.2. The van der Waals surface area contributed by atoms with Gasteiger partial charge in [-0.1, -0.05) is 26.8 Å². The first kappa shape index (κ1) is 18.8. The second kappa shape index (κ2) is 6.74. The fraction of sp³-hybridized carbons (Fsp3) is 0.500. The third-order valence-corrected chi connectivity index (χ3v) is 3.66. The number of carbonyl (C=O) groups excluding carboxylic acids is 1. The van der Waals surface area contributed by atoms with Crippen LogP contribution in [0.25, 0.3) is 0 Å². The van der Waals surface area contributed by atoms with Gasteiger partial charge in [-0.2, -0.15) is 5.10 Å². The molecule has 136 valence electrons. The zero-order valence-electron chi connectivity index (χ0n) is 15.8. The Morgan fingerprint density at radius 2 is 1.88 bits per heavy atom. The average molecular weight is 344 g/mol. The molecule has 0 unspecified atom stereocenters. The fourth-order valence-corrected chi connectivity index (χ4v) is 2.42. The summed E-state index contributed by atoms with van der Waals surface area (Å²) in [6.45, 7) is 12.5. The summed E-state index contributed by atoms with van der Waals surface area (Å²) in [6.07, 6.45) is 1.69. The van der Waals surface area contributed by atoms with Crippen molar-refractivity contribution in [3.63, 3.8) is 0 Å². The van der Waals surface area contributed by atoms with E-state index in [1.165, 1.54) is 0 Å². The molecule has 2 rings (SSSR count). The first-order valence-corrected chi connectivity index (χ1v) is 8.34. The van der Waals surface area contributed by atoms with Gasteiger partial charge >= 0.3 is 6.03 Å². The van der Waals surface area contributed by atoms with Crippen LogP contribution >= 0.6 is 0 Å². The maximum Gasteiger partial charge on any atom is 0.319 e. The number of nitrogen functional groups attached to an aromatic ring is 1. The van der Waals surface area contributed by atoms with E-state index in [-0.39, 0.29) is 17.0 Å². The smallest absolute Gasteiger partial charge is 0.319 e. The number of nitrogens with two attached hydrogens (primary N) is 1. The highest BCUT2D eigenvalue weighted by Gasteiger charge is 2.30. The summed E-state index contributed by atoms with van der Waals surface area (Å²) in [5, 5.41) is 10.3. The summed E-state index contributed by atoms with van der Waals surface area (Å²) in [5.41, 5.74) is 7.85. The van der Waals surface area contributed by atoms with Gasteiger partial charge in [-0.15, -0.1) is 0 Å². The topological polar surface area (TPSA) is 97.9 Å². The molecule has 25 heavy (non-hydrogen) atoms. The number of amides is 2. The van der Waals surface area contributed by atoms with E-state index in [9.17, 15) is 4.79 Å². The lowest BCUT2D eigenvalue weighted by Gasteiger charge is -2.21. The van der Waals surface area contributed by atoms with Crippen LogP contribution < -0.4 is 16.4 Å². The van der Waals surface area contributed by atoms with E-state index in [1.54, 1.807) is 10.9 Å². The van der Waals surface area contributed by atoms with Crippen molar-refractivity contribution >= 4 is 17.5 Å². The van der Waals surface area contributed by atoms with Crippen molar-refractivity contribution in [3.8, 4) is 0 Å². The average Bonchev–Trinajstić information content (AvgIpc) is 2.83. The molecule has 2 aromatic rings. The van der Waals surface area contributed by atoms with Gasteiger partial charge < -0.3 is 16.4 Å². The van der Waals surface area contributed by atoms with Gasteiger partial charge in [0.05, 0.1) is 23.5 Å². The van der Waals surface area contributed by atoms with Gasteiger partial charge in [0.25, 0.3) is 0 Å². The molecule has 0 aliphatic rings. The minimum atomic E-state index is -0.337. The first-order valence-electron chi connectivity index (χ1n) is 8.34. The number of hydrogen-bond acceptors (Lipinski definition) is 4. The maximum absolute atomic E-state index is 12.3. The third-order valence-electron chi connectivity index (χ3n) is 3.66. The number of nitrogens with one attached hydrogen (secondary N) is 2. The molecule has 2 heterocycles. The van der Waals surface area contributed by atoms with Crippen LogP contribution in [0.15, 0.2) is 24.4 Å². The van der Waals surface area contributed by atoms with Crippen LogP contribution in [0.4, 0.5) is 16.3 Å². The zero-order chi connectivity index (χ0) is 18.8. The summed E-state index contributed by atoms with van der Waals surface area (Å²) in [6, 6.07) is 5.23. The standard InChI is InChI=1S/C18H28N6O/c1-17(2,3)14-13(15(19)24(23-14)18(4,5)6)22-16(25)21-11-12-9-7-8-10-20-12/h7-10H,11,19H2,1-6H3,(H2,21,22,25). The summed E-state index contributed by atoms with van der Waals surface area (Å²) >= 11 is 0. The van der Waals surface area contributed by atoms with Gasteiger partial charge in [0.2, 0.25) is 0 Å². The Labute approximate surface area is 149 Å². The van der Waals surface area contributed by atoms with Crippen LogP contribution in [0.1, 0.15) is 52.9 Å². The van der Waals surface area contributed by atoms with Crippen LogP contribution in [0.5, 0.6) is 0 Å². The number of urea groups is 1. The SMILES string of the molecule is CC(C)(C)c1nn(C(C)(C)C)c(N)c1NC(=O)NCc1ccccn1. The monoisotopic (exact) mass is 344 g/mol. The molecule has 7 nitrogen and oxygen atoms in total. The number of rotatable bonds is 3. The number of nitrogens with zero attached hydrogens (tertiary/aromatic N) is 3. The van der Waals surface area contributed by atoms with Crippen molar-refractivity contribution in [1.82, 2.24) is 20.1 Å². The quantitative estimate of drug-likeness (QED) is 0.796. The van der Waals surface area contributed by atoms with Crippen molar-refractivity contribution < 1.29 is 4.79 Å². The lowest BCUT2D eigenvalue weighted by Crippen LogP contribution is -2.30. The van der Waals surface area contributed by atoms with Crippen molar-refractivity contribution in [2.24, 2.45) is 0 Å². The normalized spacial score (nSPS) is 12.1. The molecule has 2 aromatic heterocycles. The molecule has 7 heteroatoms. The van der Waals surface area contributed by atoms with Gasteiger partial charge in [0, 0.05) is 11.6 Å². The highest BCUT2D eigenvalue weighted by Crippen LogP contribution is 2.35. The Balaban J connectivity index is 2.22. The van der Waals surface area contributed by atoms with Crippen LogP contribution in [-0.4, -0.2) is 20.8 Å². The molecule has 0 fully saturated rings. The minimum absolute atomic E-state index is 0.256.